The molecule has 0 aliphatic carbocycles. The predicted octanol–water partition coefficient (Wildman–Crippen LogP) is 3.39. The van der Waals surface area contributed by atoms with Crippen LogP contribution in [0.1, 0.15) is 61.9 Å². The normalized spacial score (nSPS) is 19.9. The van der Waals surface area contributed by atoms with Crippen LogP contribution in [0.25, 0.3) is 0 Å². The highest BCUT2D eigenvalue weighted by Crippen LogP contribution is 2.23. The molecule has 1 amide bonds. The molecule has 1 aliphatic heterocycles. The van der Waals surface area contributed by atoms with Gasteiger partial charge in [0.25, 0.3) is 0 Å². The van der Waals surface area contributed by atoms with E-state index in [-0.39, 0.29) is 17.7 Å². The molecular formula is C17H23NO2. The molecule has 0 aromatic heterocycles. The van der Waals surface area contributed by atoms with Gasteiger partial charge in [-0.3, -0.25) is 9.59 Å². The Balaban J connectivity index is 2.15. The van der Waals surface area contributed by atoms with Gasteiger partial charge in [-0.2, -0.15) is 0 Å². The first kappa shape index (κ1) is 14.8. The maximum absolute atomic E-state index is 12.5. The highest BCUT2D eigenvalue weighted by molar-refractivity contribution is 6.02. The number of carbonyl (C=O) groups excluding carboxylic acids is 2. The summed E-state index contributed by atoms with van der Waals surface area (Å²) in [7, 11) is 0. The van der Waals surface area contributed by atoms with E-state index in [2.05, 4.69) is 13.8 Å². The molecule has 3 nitrogen and oxygen atoms in total. The summed E-state index contributed by atoms with van der Waals surface area (Å²) in [5, 5.41) is 0. The number of nitrogens with zero attached hydrogens (tertiary/aromatic N) is 1. The van der Waals surface area contributed by atoms with E-state index in [1.165, 1.54) is 12.5 Å². The van der Waals surface area contributed by atoms with Crippen molar-refractivity contribution in [2.75, 3.05) is 6.54 Å². The average Bonchev–Trinajstić information content (AvgIpc) is 2.95. The smallest absolute Gasteiger partial charge is 0.220 e. The predicted molar refractivity (Wildman–Crippen MR) is 79.9 cm³/mol. The number of ketones is 1. The van der Waals surface area contributed by atoms with Gasteiger partial charge in [0.05, 0.1) is 6.04 Å². The fraction of sp³-hybridized carbons (Fsp3) is 0.529. The van der Waals surface area contributed by atoms with Crippen LogP contribution in [-0.4, -0.2) is 29.2 Å². The van der Waals surface area contributed by atoms with E-state index in [0.717, 1.165) is 24.8 Å². The molecule has 1 aromatic rings. The van der Waals surface area contributed by atoms with E-state index in [9.17, 15) is 9.59 Å². The molecule has 1 aromatic carbocycles. The molecule has 0 N–H and O–H groups in total. The number of Topliss-reactive ketones (excluding diaryl/α,β-unsaturated/α-hetero) is 1. The molecule has 0 bridgehead atoms. The number of rotatable bonds is 4. The minimum absolute atomic E-state index is 0.00271. The van der Waals surface area contributed by atoms with Crippen molar-refractivity contribution in [2.45, 2.75) is 52.0 Å². The lowest BCUT2D eigenvalue weighted by atomic mass is 9.95. The number of benzene rings is 1. The Morgan fingerprint density at radius 1 is 1.30 bits per heavy atom. The van der Waals surface area contributed by atoms with Crippen LogP contribution in [0.5, 0.6) is 0 Å². The van der Waals surface area contributed by atoms with E-state index in [1.807, 2.05) is 24.3 Å². The van der Waals surface area contributed by atoms with E-state index < -0.39 is 0 Å². The third-order valence-electron chi connectivity index (χ3n) is 4.34. The number of likely N-dealkylation sites (tertiary alicyclic amines) is 1. The molecule has 0 spiro atoms. The van der Waals surface area contributed by atoms with Crippen LogP contribution >= 0.6 is 0 Å². The maximum Gasteiger partial charge on any atom is 0.220 e. The number of amides is 1. The molecule has 1 aliphatic rings. The van der Waals surface area contributed by atoms with Gasteiger partial charge >= 0.3 is 0 Å². The van der Waals surface area contributed by atoms with Gasteiger partial charge in [-0.15, -0.1) is 0 Å². The van der Waals surface area contributed by atoms with Crippen molar-refractivity contribution in [3.8, 4) is 0 Å². The van der Waals surface area contributed by atoms with Gasteiger partial charge in [0, 0.05) is 19.0 Å². The molecule has 2 unspecified atom stereocenters. The van der Waals surface area contributed by atoms with Crippen molar-refractivity contribution in [1.29, 1.82) is 0 Å². The van der Waals surface area contributed by atoms with Gasteiger partial charge in [-0.25, -0.2) is 0 Å². The molecule has 1 heterocycles. The Morgan fingerprint density at radius 3 is 2.50 bits per heavy atom. The van der Waals surface area contributed by atoms with E-state index in [0.29, 0.717) is 12.5 Å². The molecule has 108 valence electrons. The highest BCUT2D eigenvalue weighted by Gasteiger charge is 2.32. The molecule has 0 radical (unpaired) electrons. The molecule has 1 saturated heterocycles. The van der Waals surface area contributed by atoms with Crippen LogP contribution in [0, 0.1) is 0 Å². The summed E-state index contributed by atoms with van der Waals surface area (Å²) < 4.78 is 0. The lowest BCUT2D eigenvalue weighted by molar-refractivity contribution is -0.128. The molecular weight excluding hydrogens is 250 g/mol. The van der Waals surface area contributed by atoms with Gasteiger partial charge in [-0.1, -0.05) is 38.1 Å². The second-order valence-corrected chi connectivity index (χ2v) is 5.67. The summed E-state index contributed by atoms with van der Waals surface area (Å²) in [6.45, 7) is 6.59. The van der Waals surface area contributed by atoms with Gasteiger partial charge < -0.3 is 4.90 Å². The Morgan fingerprint density at radius 2 is 1.95 bits per heavy atom. The SMILES string of the molecule is CCC(C)c1ccc(C(=O)C2CCCN2C(C)=O)cc1. The van der Waals surface area contributed by atoms with Crippen LogP contribution in [0.4, 0.5) is 0 Å². The fourth-order valence-electron chi connectivity index (χ4n) is 2.82. The zero-order chi connectivity index (χ0) is 14.7. The molecule has 1 fully saturated rings. The summed E-state index contributed by atoms with van der Waals surface area (Å²) in [6, 6.07) is 7.62. The summed E-state index contributed by atoms with van der Waals surface area (Å²) in [5.74, 6) is 0.588. The van der Waals surface area contributed by atoms with Gasteiger partial charge in [0.1, 0.15) is 0 Å². The summed E-state index contributed by atoms with van der Waals surface area (Å²) in [6.07, 6.45) is 2.79. The third-order valence-corrected chi connectivity index (χ3v) is 4.34. The number of hydrogen-bond acceptors (Lipinski definition) is 2. The monoisotopic (exact) mass is 273 g/mol. The van der Waals surface area contributed by atoms with Crippen LogP contribution in [0.15, 0.2) is 24.3 Å². The minimum atomic E-state index is -0.262. The van der Waals surface area contributed by atoms with Crippen LogP contribution in [-0.2, 0) is 4.79 Å². The first-order valence-electron chi connectivity index (χ1n) is 7.46. The second-order valence-electron chi connectivity index (χ2n) is 5.67. The Hall–Kier alpha value is -1.64. The third kappa shape index (κ3) is 2.92. The fourth-order valence-corrected chi connectivity index (χ4v) is 2.82. The van der Waals surface area contributed by atoms with Crippen molar-refractivity contribution < 1.29 is 9.59 Å². The minimum Gasteiger partial charge on any atom is -0.333 e. The highest BCUT2D eigenvalue weighted by atomic mass is 16.2. The van der Waals surface area contributed by atoms with E-state index >= 15 is 0 Å². The van der Waals surface area contributed by atoms with Gasteiger partial charge in [-0.05, 0) is 30.7 Å². The Kier molecular flexibility index (Phi) is 4.58. The lowest BCUT2D eigenvalue weighted by Crippen LogP contribution is -2.39. The summed E-state index contributed by atoms with van der Waals surface area (Å²) in [4.78, 5) is 25.8. The standard InChI is InChI=1S/C17H23NO2/c1-4-12(2)14-7-9-15(10-8-14)17(20)16-6-5-11-18(16)13(3)19/h7-10,12,16H,4-6,11H2,1-3H3. The first-order chi connectivity index (χ1) is 9.54. The molecule has 2 atom stereocenters. The molecule has 2 rings (SSSR count). The first-order valence-corrected chi connectivity index (χ1v) is 7.46. The Labute approximate surface area is 121 Å². The van der Waals surface area contributed by atoms with Crippen molar-refractivity contribution in [2.24, 2.45) is 0 Å². The van der Waals surface area contributed by atoms with Crippen molar-refractivity contribution >= 4 is 11.7 Å². The molecule has 3 heteroatoms. The summed E-state index contributed by atoms with van der Waals surface area (Å²) >= 11 is 0. The molecule has 20 heavy (non-hydrogen) atoms. The van der Waals surface area contributed by atoms with E-state index in [4.69, 9.17) is 0 Å². The topological polar surface area (TPSA) is 37.4 Å². The maximum atomic E-state index is 12.5. The van der Waals surface area contributed by atoms with Crippen LogP contribution < -0.4 is 0 Å². The van der Waals surface area contributed by atoms with Crippen molar-refractivity contribution in [1.82, 2.24) is 4.90 Å². The second kappa shape index (κ2) is 6.21. The zero-order valence-corrected chi connectivity index (χ0v) is 12.6. The van der Waals surface area contributed by atoms with E-state index in [1.54, 1.807) is 4.90 Å². The number of hydrogen-bond donors (Lipinski definition) is 0. The van der Waals surface area contributed by atoms with Gasteiger partial charge in [0.15, 0.2) is 5.78 Å². The Bertz CT molecular complexity index is 492. The van der Waals surface area contributed by atoms with Crippen molar-refractivity contribution in [3.63, 3.8) is 0 Å². The van der Waals surface area contributed by atoms with Gasteiger partial charge in [0.2, 0.25) is 5.91 Å². The average molecular weight is 273 g/mol. The summed E-state index contributed by atoms with van der Waals surface area (Å²) in [5.41, 5.74) is 1.98. The largest absolute Gasteiger partial charge is 0.333 e. The van der Waals surface area contributed by atoms with Crippen LogP contribution in [0.3, 0.4) is 0 Å². The number of carbonyl (C=O) groups is 2. The quantitative estimate of drug-likeness (QED) is 0.788. The van der Waals surface area contributed by atoms with Crippen LogP contribution in [0.2, 0.25) is 0 Å². The molecule has 0 saturated carbocycles. The zero-order valence-electron chi connectivity index (χ0n) is 12.6. The van der Waals surface area contributed by atoms with Crippen molar-refractivity contribution in [3.05, 3.63) is 35.4 Å². The lowest BCUT2D eigenvalue weighted by Gasteiger charge is -2.22.